The first-order chi connectivity index (χ1) is 10.6. The molecule has 0 saturated heterocycles. The van der Waals surface area contributed by atoms with Crippen molar-refractivity contribution in [3.8, 4) is 0 Å². The molecule has 0 radical (unpaired) electrons. The fourth-order valence-electron chi connectivity index (χ4n) is 2.17. The van der Waals surface area contributed by atoms with Crippen molar-refractivity contribution < 1.29 is 9.31 Å². The smallest absolute Gasteiger partial charge is 0.292 e. The summed E-state index contributed by atoms with van der Waals surface area (Å²) in [6.07, 6.45) is 0.775. The largest absolute Gasteiger partial charge is 0.383 e. The third-order valence-corrected chi connectivity index (χ3v) is 3.36. The van der Waals surface area contributed by atoms with Crippen LogP contribution in [0.4, 0.5) is 15.8 Å². The molecule has 0 unspecified atom stereocenters. The van der Waals surface area contributed by atoms with E-state index in [2.05, 4.69) is 10.6 Å². The van der Waals surface area contributed by atoms with E-state index in [-0.39, 0.29) is 11.5 Å². The van der Waals surface area contributed by atoms with Crippen LogP contribution in [0.25, 0.3) is 0 Å². The van der Waals surface area contributed by atoms with Crippen LogP contribution in [0.2, 0.25) is 0 Å². The molecule has 0 fully saturated rings. The molecule has 0 heterocycles. The maximum absolute atomic E-state index is 12.8. The van der Waals surface area contributed by atoms with E-state index in [0.29, 0.717) is 18.8 Å². The molecule has 6 heteroatoms. The second-order valence-electron chi connectivity index (χ2n) is 4.91. The average Bonchev–Trinajstić information content (AvgIpc) is 2.53. The van der Waals surface area contributed by atoms with Gasteiger partial charge in [0, 0.05) is 19.7 Å². The van der Waals surface area contributed by atoms with E-state index in [1.165, 1.54) is 12.1 Å². The molecule has 116 valence electrons. The van der Waals surface area contributed by atoms with Gasteiger partial charge in [-0.1, -0.05) is 18.2 Å². The Labute approximate surface area is 128 Å². The van der Waals surface area contributed by atoms with Crippen LogP contribution >= 0.6 is 0 Å². The lowest BCUT2D eigenvalue weighted by molar-refractivity contribution is -0.384. The second kappa shape index (κ2) is 7.51. The third kappa shape index (κ3) is 4.26. The molecule has 2 aromatic rings. The molecule has 0 aliphatic rings. The van der Waals surface area contributed by atoms with Gasteiger partial charge in [0.25, 0.3) is 5.69 Å². The third-order valence-electron chi connectivity index (χ3n) is 3.36. The molecule has 0 amide bonds. The minimum atomic E-state index is -0.395. The quantitative estimate of drug-likeness (QED) is 0.468. The molecule has 0 spiro atoms. The molecule has 2 aromatic carbocycles. The molecule has 22 heavy (non-hydrogen) atoms. The lowest BCUT2D eigenvalue weighted by Crippen LogP contribution is -2.16. The number of benzene rings is 2. The minimum absolute atomic E-state index is 0.0698. The highest BCUT2D eigenvalue weighted by Crippen LogP contribution is 2.24. The summed E-state index contributed by atoms with van der Waals surface area (Å²) in [5.74, 6) is -0.242. The highest BCUT2D eigenvalue weighted by molar-refractivity contribution is 5.62. The van der Waals surface area contributed by atoms with Crippen molar-refractivity contribution in [2.75, 3.05) is 18.9 Å². The Hall–Kier alpha value is -2.47. The summed E-state index contributed by atoms with van der Waals surface area (Å²) in [6.45, 7) is 1.26. The summed E-state index contributed by atoms with van der Waals surface area (Å²) < 4.78 is 12.8. The summed E-state index contributed by atoms with van der Waals surface area (Å²) in [5.41, 5.74) is 2.47. The standard InChI is InChI=1S/C16H18FN3O2/c1-18-15-7-4-13(10-16(15)20(21)22)11-19-9-8-12-2-5-14(17)6-3-12/h2-7,10,18-19H,8-9,11H2,1H3. The molecule has 2 N–H and O–H groups in total. The minimum Gasteiger partial charge on any atom is -0.383 e. The van der Waals surface area contributed by atoms with Gasteiger partial charge in [0.05, 0.1) is 4.92 Å². The Morgan fingerprint density at radius 3 is 2.45 bits per heavy atom. The van der Waals surface area contributed by atoms with Gasteiger partial charge >= 0.3 is 0 Å². The fraction of sp³-hybridized carbons (Fsp3) is 0.250. The molecule has 5 nitrogen and oxygen atoms in total. The van der Waals surface area contributed by atoms with E-state index in [4.69, 9.17) is 0 Å². The predicted molar refractivity (Wildman–Crippen MR) is 84.5 cm³/mol. The van der Waals surface area contributed by atoms with Crippen molar-refractivity contribution in [2.24, 2.45) is 0 Å². The Kier molecular flexibility index (Phi) is 5.43. The van der Waals surface area contributed by atoms with Gasteiger partial charge in [0.2, 0.25) is 0 Å². The zero-order valence-corrected chi connectivity index (χ0v) is 12.3. The van der Waals surface area contributed by atoms with Crippen LogP contribution in [-0.2, 0) is 13.0 Å². The lowest BCUT2D eigenvalue weighted by atomic mass is 10.1. The van der Waals surface area contributed by atoms with Crippen LogP contribution in [-0.4, -0.2) is 18.5 Å². The van der Waals surface area contributed by atoms with Crippen LogP contribution in [0.1, 0.15) is 11.1 Å². The molecule has 0 aliphatic carbocycles. The molecule has 0 aliphatic heterocycles. The van der Waals surface area contributed by atoms with Crippen LogP contribution in [0.15, 0.2) is 42.5 Å². The number of hydrogen-bond acceptors (Lipinski definition) is 4. The second-order valence-corrected chi connectivity index (χ2v) is 4.91. The van der Waals surface area contributed by atoms with Gasteiger partial charge in [-0.25, -0.2) is 4.39 Å². The molecule has 0 atom stereocenters. The number of rotatable bonds is 7. The molecular weight excluding hydrogens is 285 g/mol. The number of nitrogens with one attached hydrogen (secondary N) is 2. The molecule has 0 aromatic heterocycles. The van der Waals surface area contributed by atoms with E-state index in [9.17, 15) is 14.5 Å². The number of hydrogen-bond donors (Lipinski definition) is 2. The number of halogens is 1. The molecule has 0 saturated carbocycles. The average molecular weight is 303 g/mol. The van der Waals surface area contributed by atoms with Crippen molar-refractivity contribution >= 4 is 11.4 Å². The van der Waals surface area contributed by atoms with Gasteiger partial charge in [-0.05, 0) is 42.3 Å². The SMILES string of the molecule is CNc1ccc(CNCCc2ccc(F)cc2)cc1[N+](=O)[O-]. The molecule has 2 rings (SSSR count). The zero-order valence-electron chi connectivity index (χ0n) is 12.3. The summed E-state index contributed by atoms with van der Waals surface area (Å²) >= 11 is 0. The Morgan fingerprint density at radius 2 is 1.82 bits per heavy atom. The maximum atomic E-state index is 12.8. The monoisotopic (exact) mass is 303 g/mol. The lowest BCUT2D eigenvalue weighted by Gasteiger charge is -2.07. The van der Waals surface area contributed by atoms with Gasteiger partial charge in [0.15, 0.2) is 0 Å². The van der Waals surface area contributed by atoms with Gasteiger partial charge in [-0.3, -0.25) is 10.1 Å². The van der Waals surface area contributed by atoms with Crippen LogP contribution < -0.4 is 10.6 Å². The van der Waals surface area contributed by atoms with E-state index in [0.717, 1.165) is 17.5 Å². The van der Waals surface area contributed by atoms with Crippen molar-refractivity contribution in [1.82, 2.24) is 5.32 Å². The highest BCUT2D eigenvalue weighted by atomic mass is 19.1. The fourth-order valence-corrected chi connectivity index (χ4v) is 2.17. The number of nitrogens with zero attached hydrogens (tertiary/aromatic N) is 1. The van der Waals surface area contributed by atoms with Crippen LogP contribution in [0.5, 0.6) is 0 Å². The number of nitro benzene ring substituents is 1. The van der Waals surface area contributed by atoms with Gasteiger partial charge in [0.1, 0.15) is 11.5 Å². The first kappa shape index (κ1) is 15.9. The van der Waals surface area contributed by atoms with Gasteiger partial charge in [-0.15, -0.1) is 0 Å². The van der Waals surface area contributed by atoms with Gasteiger partial charge in [-0.2, -0.15) is 0 Å². The zero-order chi connectivity index (χ0) is 15.9. The Bertz CT molecular complexity index is 644. The summed E-state index contributed by atoms with van der Waals surface area (Å²) in [4.78, 5) is 10.6. The summed E-state index contributed by atoms with van der Waals surface area (Å²) in [7, 11) is 1.66. The van der Waals surface area contributed by atoms with Crippen molar-refractivity contribution in [1.29, 1.82) is 0 Å². The number of nitro groups is 1. The summed E-state index contributed by atoms with van der Waals surface area (Å²) in [6, 6.07) is 11.5. The van der Waals surface area contributed by atoms with E-state index >= 15 is 0 Å². The summed E-state index contributed by atoms with van der Waals surface area (Å²) in [5, 5.41) is 17.0. The highest BCUT2D eigenvalue weighted by Gasteiger charge is 2.12. The topological polar surface area (TPSA) is 67.2 Å². The Balaban J connectivity index is 1.87. The van der Waals surface area contributed by atoms with Crippen LogP contribution in [0, 0.1) is 15.9 Å². The molecule has 0 bridgehead atoms. The first-order valence-electron chi connectivity index (χ1n) is 7.00. The van der Waals surface area contributed by atoms with E-state index in [1.807, 2.05) is 6.07 Å². The number of anilines is 1. The van der Waals surface area contributed by atoms with E-state index in [1.54, 1.807) is 31.3 Å². The van der Waals surface area contributed by atoms with Crippen molar-refractivity contribution in [3.63, 3.8) is 0 Å². The van der Waals surface area contributed by atoms with Crippen molar-refractivity contribution in [3.05, 3.63) is 69.5 Å². The Morgan fingerprint density at radius 1 is 1.14 bits per heavy atom. The van der Waals surface area contributed by atoms with Gasteiger partial charge < -0.3 is 10.6 Å². The first-order valence-corrected chi connectivity index (χ1v) is 7.00. The molecular formula is C16H18FN3O2. The van der Waals surface area contributed by atoms with Crippen LogP contribution in [0.3, 0.4) is 0 Å². The predicted octanol–water partition coefficient (Wildman–Crippen LogP) is 3.11. The normalized spacial score (nSPS) is 10.5. The van der Waals surface area contributed by atoms with E-state index < -0.39 is 4.92 Å². The van der Waals surface area contributed by atoms with Crippen molar-refractivity contribution in [2.45, 2.75) is 13.0 Å². The maximum Gasteiger partial charge on any atom is 0.292 e.